The Balaban J connectivity index is 0.000000810. The molecule has 0 amide bonds. The van der Waals surface area contributed by atoms with Crippen LogP contribution in [-0.2, 0) is 19.5 Å². The second kappa shape index (κ2) is 4.92. The number of hydrogen-bond acceptors (Lipinski definition) is 1. The van der Waals surface area contributed by atoms with E-state index in [2.05, 4.69) is 44.5 Å². The molecule has 0 aliphatic carbocycles. The van der Waals surface area contributed by atoms with Gasteiger partial charge in [0.05, 0.1) is 0 Å². The summed E-state index contributed by atoms with van der Waals surface area (Å²) in [5.41, 5.74) is 0. The van der Waals surface area contributed by atoms with Crippen LogP contribution in [0.2, 0.25) is 0 Å². The van der Waals surface area contributed by atoms with Gasteiger partial charge >= 0.3 is 0 Å². The summed E-state index contributed by atoms with van der Waals surface area (Å²) in [4.78, 5) is 0.942. The van der Waals surface area contributed by atoms with Crippen LogP contribution in [0.3, 0.4) is 0 Å². The molecule has 1 aromatic carbocycles. The molecule has 0 atom stereocenters. The van der Waals surface area contributed by atoms with E-state index in [0.29, 0.717) is 0 Å². The molecular formula is C6H4Br2SZn. The molecule has 0 bridgehead atoms. The molecule has 0 unspecified atom stereocenters. The van der Waals surface area contributed by atoms with Crippen molar-refractivity contribution in [2.45, 2.75) is 4.90 Å². The normalized spacial score (nSPS) is 8.70. The SMILES string of the molecule is Sc1c(Br)cccc1Br.[Zn]. The Morgan fingerprint density at radius 1 is 1.10 bits per heavy atom. The van der Waals surface area contributed by atoms with Crippen molar-refractivity contribution in [2.24, 2.45) is 0 Å². The van der Waals surface area contributed by atoms with Crippen LogP contribution in [-0.4, -0.2) is 0 Å². The molecule has 0 radical (unpaired) electrons. The molecule has 0 N–H and O–H groups in total. The molecule has 1 rings (SSSR count). The van der Waals surface area contributed by atoms with Gasteiger partial charge in [-0.15, -0.1) is 12.6 Å². The van der Waals surface area contributed by atoms with Gasteiger partial charge in [-0.2, -0.15) is 0 Å². The molecule has 0 nitrogen and oxygen atoms in total. The van der Waals surface area contributed by atoms with Gasteiger partial charge in [0.1, 0.15) is 0 Å². The Labute approximate surface area is 95.2 Å². The van der Waals surface area contributed by atoms with Crippen molar-refractivity contribution in [2.75, 3.05) is 0 Å². The minimum Gasteiger partial charge on any atom is -0.141 e. The van der Waals surface area contributed by atoms with Gasteiger partial charge in [0.2, 0.25) is 0 Å². The van der Waals surface area contributed by atoms with Gasteiger partial charge in [-0.1, -0.05) is 6.07 Å². The van der Waals surface area contributed by atoms with Crippen molar-refractivity contribution in [3.8, 4) is 0 Å². The van der Waals surface area contributed by atoms with Gasteiger partial charge in [0, 0.05) is 33.3 Å². The van der Waals surface area contributed by atoms with Crippen LogP contribution in [0.1, 0.15) is 0 Å². The second-order valence-electron chi connectivity index (χ2n) is 1.57. The van der Waals surface area contributed by atoms with Gasteiger partial charge in [-0.05, 0) is 44.0 Å². The molecule has 10 heavy (non-hydrogen) atoms. The van der Waals surface area contributed by atoms with Crippen LogP contribution in [0, 0.1) is 0 Å². The van der Waals surface area contributed by atoms with Crippen molar-refractivity contribution in [3.63, 3.8) is 0 Å². The van der Waals surface area contributed by atoms with E-state index >= 15 is 0 Å². The number of rotatable bonds is 0. The number of hydrogen-bond donors (Lipinski definition) is 1. The molecule has 0 saturated carbocycles. The molecule has 0 saturated heterocycles. The predicted octanol–water partition coefficient (Wildman–Crippen LogP) is 3.50. The third-order valence-electron chi connectivity index (χ3n) is 0.938. The summed E-state index contributed by atoms with van der Waals surface area (Å²) < 4.78 is 2.03. The van der Waals surface area contributed by atoms with Gasteiger partial charge in [-0.3, -0.25) is 0 Å². The molecule has 0 fully saturated rings. The van der Waals surface area contributed by atoms with Crippen LogP contribution in [0.25, 0.3) is 0 Å². The third-order valence-corrected chi connectivity index (χ3v) is 3.35. The van der Waals surface area contributed by atoms with Gasteiger partial charge in [-0.25, -0.2) is 0 Å². The number of benzene rings is 1. The first kappa shape index (κ1) is 11.2. The topological polar surface area (TPSA) is 0 Å². The van der Waals surface area contributed by atoms with Crippen molar-refractivity contribution >= 4 is 44.5 Å². The molecule has 0 aliphatic heterocycles. The molecule has 1 aromatic rings. The first-order valence-corrected chi connectivity index (χ1v) is 4.38. The summed E-state index contributed by atoms with van der Waals surface area (Å²) >= 11 is 10.9. The van der Waals surface area contributed by atoms with Crippen LogP contribution >= 0.6 is 44.5 Å². The molecule has 0 aromatic heterocycles. The fourth-order valence-electron chi connectivity index (χ4n) is 0.489. The summed E-state index contributed by atoms with van der Waals surface area (Å²) in [5.74, 6) is 0. The maximum absolute atomic E-state index is 4.22. The molecule has 0 aliphatic rings. The van der Waals surface area contributed by atoms with E-state index in [1.807, 2.05) is 18.2 Å². The largest absolute Gasteiger partial charge is 0.141 e. The van der Waals surface area contributed by atoms with E-state index in [1.165, 1.54) is 0 Å². The number of thiol groups is 1. The van der Waals surface area contributed by atoms with Gasteiger partial charge in [0.25, 0.3) is 0 Å². The Hall–Kier alpha value is 1.15. The van der Waals surface area contributed by atoms with Gasteiger partial charge < -0.3 is 0 Å². The Bertz CT molecular complexity index is 207. The molecule has 50 valence electrons. The summed E-state index contributed by atoms with van der Waals surface area (Å²) in [5, 5.41) is 0. The minimum atomic E-state index is 0. The zero-order valence-corrected chi connectivity index (χ0v) is 12.2. The van der Waals surface area contributed by atoms with E-state index in [-0.39, 0.29) is 19.5 Å². The summed E-state index contributed by atoms with van der Waals surface area (Å²) in [6.07, 6.45) is 0. The monoisotopic (exact) mass is 330 g/mol. The predicted molar refractivity (Wildman–Crippen MR) is 49.1 cm³/mol. The first-order chi connectivity index (χ1) is 4.22. The van der Waals surface area contributed by atoms with Crippen LogP contribution < -0.4 is 0 Å². The zero-order chi connectivity index (χ0) is 6.85. The van der Waals surface area contributed by atoms with E-state index in [1.54, 1.807) is 0 Å². The number of halogens is 2. The second-order valence-corrected chi connectivity index (χ2v) is 3.73. The van der Waals surface area contributed by atoms with E-state index in [0.717, 1.165) is 13.8 Å². The van der Waals surface area contributed by atoms with E-state index in [4.69, 9.17) is 0 Å². The van der Waals surface area contributed by atoms with Crippen LogP contribution in [0.4, 0.5) is 0 Å². The maximum Gasteiger partial charge on any atom is 0.0325 e. The van der Waals surface area contributed by atoms with E-state index < -0.39 is 0 Å². The standard InChI is InChI=1S/C6H4Br2S.Zn/c7-4-2-1-3-5(8)6(4)9;/h1-3,9H;. The minimum absolute atomic E-state index is 0. The maximum atomic E-state index is 4.22. The first-order valence-electron chi connectivity index (χ1n) is 2.35. The summed E-state index contributed by atoms with van der Waals surface area (Å²) in [6.45, 7) is 0. The fraction of sp³-hybridized carbons (Fsp3) is 0. The fourth-order valence-corrected chi connectivity index (χ4v) is 1.64. The average molecular weight is 333 g/mol. The third kappa shape index (κ3) is 2.65. The van der Waals surface area contributed by atoms with Gasteiger partial charge in [0.15, 0.2) is 0 Å². The quantitative estimate of drug-likeness (QED) is 0.545. The summed E-state index contributed by atoms with van der Waals surface area (Å²) in [6, 6.07) is 5.86. The smallest absolute Gasteiger partial charge is 0.0325 e. The van der Waals surface area contributed by atoms with Crippen molar-refractivity contribution in [3.05, 3.63) is 27.1 Å². The molecule has 0 spiro atoms. The Morgan fingerprint density at radius 3 is 1.80 bits per heavy atom. The van der Waals surface area contributed by atoms with Crippen LogP contribution in [0.5, 0.6) is 0 Å². The van der Waals surface area contributed by atoms with E-state index in [9.17, 15) is 0 Å². The molecule has 0 heterocycles. The van der Waals surface area contributed by atoms with Crippen LogP contribution in [0.15, 0.2) is 32.0 Å². The zero-order valence-electron chi connectivity index (χ0n) is 5.14. The van der Waals surface area contributed by atoms with Crippen molar-refractivity contribution in [1.29, 1.82) is 0 Å². The summed E-state index contributed by atoms with van der Waals surface area (Å²) in [7, 11) is 0. The molecule has 4 heteroatoms. The Kier molecular flexibility index (Phi) is 5.48. The Morgan fingerprint density at radius 2 is 1.50 bits per heavy atom. The van der Waals surface area contributed by atoms with Crippen molar-refractivity contribution < 1.29 is 19.5 Å². The van der Waals surface area contributed by atoms with Crippen molar-refractivity contribution in [1.82, 2.24) is 0 Å². The average Bonchev–Trinajstić information content (AvgIpc) is 1.83. The molecular weight excluding hydrogens is 329 g/mol.